The van der Waals surface area contributed by atoms with Crippen molar-refractivity contribution in [1.29, 1.82) is 0 Å². The molecular weight excluding hydrogens is 445 g/mol. The largest absolute Gasteiger partial charge is 0.711 e. The van der Waals surface area contributed by atoms with Crippen LogP contribution in [0.2, 0.25) is 5.02 Å². The minimum atomic E-state index is -0.569. The van der Waals surface area contributed by atoms with Gasteiger partial charge in [0, 0.05) is 17.0 Å². The standard InChI is InChI=1S/C25H17ClFN3O3/c26-19-6-3-7-20(27)18(19)13-15-9-10-17-23(16-5-1-2-8-21(16)29-24(15)17)25(31)33-14-22-28-11-4-12-30(22)32/h1-8,11-13H,9-10,14H2/b15-13-. The third-order valence-corrected chi connectivity index (χ3v) is 5.91. The molecule has 4 aromatic rings. The molecule has 2 aromatic carbocycles. The van der Waals surface area contributed by atoms with Crippen molar-refractivity contribution in [2.45, 2.75) is 19.4 Å². The third kappa shape index (κ3) is 3.91. The Hall–Kier alpha value is -3.84. The van der Waals surface area contributed by atoms with Gasteiger partial charge in [-0.05, 0) is 53.2 Å². The van der Waals surface area contributed by atoms with Gasteiger partial charge in [0.1, 0.15) is 12.0 Å². The number of hydrogen-bond acceptors (Lipinski definition) is 5. The summed E-state index contributed by atoms with van der Waals surface area (Å²) in [5.74, 6) is -0.915. The van der Waals surface area contributed by atoms with Crippen molar-refractivity contribution >= 4 is 40.1 Å². The summed E-state index contributed by atoms with van der Waals surface area (Å²) >= 11 is 6.21. The number of carbonyl (C=O) groups excluding carboxylic acids is 1. The maximum absolute atomic E-state index is 14.4. The Morgan fingerprint density at radius 3 is 2.85 bits per heavy atom. The average molecular weight is 462 g/mol. The van der Waals surface area contributed by atoms with Gasteiger partial charge in [0.25, 0.3) is 0 Å². The summed E-state index contributed by atoms with van der Waals surface area (Å²) in [7, 11) is 0. The Morgan fingerprint density at radius 1 is 1.18 bits per heavy atom. The summed E-state index contributed by atoms with van der Waals surface area (Å²) in [6.07, 6.45) is 5.56. The van der Waals surface area contributed by atoms with Crippen molar-refractivity contribution in [2.24, 2.45) is 0 Å². The van der Waals surface area contributed by atoms with Gasteiger partial charge in [-0.3, -0.25) is 0 Å². The zero-order chi connectivity index (χ0) is 22.9. The van der Waals surface area contributed by atoms with Crippen LogP contribution in [0.1, 0.15) is 39.4 Å². The van der Waals surface area contributed by atoms with Crippen LogP contribution in [0.15, 0.2) is 60.9 Å². The molecule has 0 amide bonds. The first-order valence-corrected chi connectivity index (χ1v) is 10.7. The molecule has 33 heavy (non-hydrogen) atoms. The number of benzene rings is 2. The molecule has 2 aromatic heterocycles. The summed E-state index contributed by atoms with van der Waals surface area (Å²) < 4.78 is 20.4. The Morgan fingerprint density at radius 2 is 2.03 bits per heavy atom. The van der Waals surface area contributed by atoms with E-state index in [1.165, 1.54) is 24.5 Å². The van der Waals surface area contributed by atoms with Crippen LogP contribution in [-0.2, 0) is 17.8 Å². The lowest BCUT2D eigenvalue weighted by atomic mass is 10.0. The maximum Gasteiger partial charge on any atom is 0.339 e. The summed E-state index contributed by atoms with van der Waals surface area (Å²) in [4.78, 5) is 21.9. The van der Waals surface area contributed by atoms with Crippen LogP contribution in [0.5, 0.6) is 0 Å². The maximum atomic E-state index is 14.4. The predicted octanol–water partition coefficient (Wildman–Crippen LogP) is 4.90. The molecule has 0 fully saturated rings. The normalized spacial score (nSPS) is 13.9. The number of carbonyl (C=O) groups is 1. The molecule has 0 unspecified atom stereocenters. The quantitative estimate of drug-likeness (QED) is 0.245. The van der Waals surface area contributed by atoms with Crippen molar-refractivity contribution in [3.63, 3.8) is 0 Å². The van der Waals surface area contributed by atoms with Gasteiger partial charge in [-0.25, -0.2) is 18.9 Å². The van der Waals surface area contributed by atoms with Gasteiger partial charge < -0.3 is 9.94 Å². The minimum Gasteiger partial charge on any atom is -0.711 e. The van der Waals surface area contributed by atoms with E-state index in [0.717, 1.165) is 11.1 Å². The van der Waals surface area contributed by atoms with Crippen LogP contribution in [0.3, 0.4) is 0 Å². The lowest BCUT2D eigenvalue weighted by molar-refractivity contribution is -0.620. The van der Waals surface area contributed by atoms with E-state index in [0.29, 0.717) is 44.8 Å². The zero-order valence-electron chi connectivity index (χ0n) is 17.3. The van der Waals surface area contributed by atoms with E-state index in [9.17, 15) is 14.4 Å². The highest BCUT2D eigenvalue weighted by atomic mass is 35.5. The van der Waals surface area contributed by atoms with E-state index in [2.05, 4.69) is 4.98 Å². The molecule has 0 radical (unpaired) electrons. The average Bonchev–Trinajstić information content (AvgIpc) is 3.21. The number of allylic oxidation sites excluding steroid dienone is 1. The molecule has 164 valence electrons. The molecule has 0 spiro atoms. The summed E-state index contributed by atoms with van der Waals surface area (Å²) in [6.45, 7) is -0.262. The fraction of sp³-hybridized carbons (Fsp3) is 0.120. The highest BCUT2D eigenvalue weighted by Gasteiger charge is 2.28. The number of pyridine rings is 1. The van der Waals surface area contributed by atoms with Gasteiger partial charge in [-0.15, -0.1) is 0 Å². The number of rotatable bonds is 4. The minimum absolute atomic E-state index is 0.0793. The molecule has 0 N–H and O–H groups in total. The van der Waals surface area contributed by atoms with Crippen LogP contribution in [-0.4, -0.2) is 15.9 Å². The van der Waals surface area contributed by atoms with Crippen molar-refractivity contribution < 1.29 is 18.7 Å². The molecule has 1 aliphatic rings. The smallest absolute Gasteiger partial charge is 0.339 e. The van der Waals surface area contributed by atoms with Gasteiger partial charge in [-0.2, -0.15) is 0 Å². The third-order valence-electron chi connectivity index (χ3n) is 5.58. The lowest BCUT2D eigenvalue weighted by Gasteiger charge is -2.12. The van der Waals surface area contributed by atoms with Gasteiger partial charge >= 0.3 is 11.8 Å². The monoisotopic (exact) mass is 461 g/mol. The SMILES string of the molecule is O=C(OCc1nccc[n+]1[O-])c1c2c(nc3ccccc13)/C(=C\c1c(F)cccc1Cl)CC2. The zero-order valence-corrected chi connectivity index (χ0v) is 18.1. The van der Waals surface area contributed by atoms with Crippen molar-refractivity contribution in [2.75, 3.05) is 0 Å². The van der Waals surface area contributed by atoms with E-state index in [-0.39, 0.29) is 18.0 Å². The predicted molar refractivity (Wildman–Crippen MR) is 122 cm³/mol. The molecule has 8 heteroatoms. The number of para-hydroxylation sites is 1. The van der Waals surface area contributed by atoms with E-state index < -0.39 is 11.8 Å². The fourth-order valence-electron chi connectivity index (χ4n) is 4.03. The van der Waals surface area contributed by atoms with E-state index >= 15 is 0 Å². The van der Waals surface area contributed by atoms with E-state index in [1.807, 2.05) is 24.3 Å². The van der Waals surface area contributed by atoms with E-state index in [1.54, 1.807) is 18.2 Å². The molecule has 0 bridgehead atoms. The van der Waals surface area contributed by atoms with Crippen LogP contribution in [0.4, 0.5) is 4.39 Å². The van der Waals surface area contributed by atoms with Crippen molar-refractivity contribution in [3.8, 4) is 0 Å². The highest BCUT2D eigenvalue weighted by molar-refractivity contribution is 6.32. The van der Waals surface area contributed by atoms with Crippen LogP contribution in [0, 0.1) is 11.0 Å². The number of nitrogens with zero attached hydrogens (tertiary/aromatic N) is 3. The van der Waals surface area contributed by atoms with Gasteiger partial charge in [0.15, 0.2) is 6.61 Å². The Balaban J connectivity index is 1.58. The second-order valence-corrected chi connectivity index (χ2v) is 7.98. The van der Waals surface area contributed by atoms with Crippen LogP contribution < -0.4 is 4.73 Å². The molecular formula is C25H17ClFN3O3. The number of esters is 1. The first-order valence-electron chi connectivity index (χ1n) is 10.3. The topological polar surface area (TPSA) is 79.0 Å². The molecule has 6 nitrogen and oxygen atoms in total. The van der Waals surface area contributed by atoms with Gasteiger partial charge in [0.05, 0.1) is 28.0 Å². The number of aromatic nitrogens is 3. The summed E-state index contributed by atoms with van der Waals surface area (Å²) in [5, 5.41) is 12.8. The molecule has 1 aliphatic carbocycles. The van der Waals surface area contributed by atoms with Crippen molar-refractivity contribution in [1.82, 2.24) is 9.97 Å². The molecule has 5 rings (SSSR count). The number of halogens is 2. The Bertz CT molecular complexity index is 1420. The first-order chi connectivity index (χ1) is 16.0. The lowest BCUT2D eigenvalue weighted by Crippen LogP contribution is -2.33. The number of hydrogen-bond donors (Lipinski definition) is 0. The highest BCUT2D eigenvalue weighted by Crippen LogP contribution is 2.38. The summed E-state index contributed by atoms with van der Waals surface area (Å²) in [5.41, 5.74) is 3.44. The molecule has 0 saturated carbocycles. The van der Waals surface area contributed by atoms with Crippen LogP contribution in [0.25, 0.3) is 22.6 Å². The van der Waals surface area contributed by atoms with Crippen LogP contribution >= 0.6 is 11.6 Å². The second kappa shape index (κ2) is 8.60. The van der Waals surface area contributed by atoms with Crippen molar-refractivity contribution in [3.05, 3.63) is 105 Å². The second-order valence-electron chi connectivity index (χ2n) is 7.57. The van der Waals surface area contributed by atoms with Gasteiger partial charge in [-0.1, -0.05) is 35.9 Å². The number of fused-ring (bicyclic) bond motifs is 2. The fourth-order valence-corrected chi connectivity index (χ4v) is 4.24. The Kier molecular flexibility index (Phi) is 5.48. The van der Waals surface area contributed by atoms with Gasteiger partial charge in [0.2, 0.25) is 0 Å². The number of ether oxygens (including phenoxy) is 1. The Labute approximate surface area is 193 Å². The molecule has 0 atom stereocenters. The molecule has 0 saturated heterocycles. The first kappa shape index (κ1) is 21.0. The van der Waals surface area contributed by atoms with E-state index in [4.69, 9.17) is 21.3 Å². The summed E-state index contributed by atoms with van der Waals surface area (Å²) in [6, 6.07) is 13.3. The molecule has 2 heterocycles. The molecule has 0 aliphatic heterocycles.